The number of benzene rings is 1. The molecule has 84 valence electrons. The van der Waals surface area contributed by atoms with Crippen LogP contribution >= 0.6 is 11.3 Å². The molecule has 2 nitrogen and oxygen atoms in total. The van der Waals surface area contributed by atoms with E-state index < -0.39 is 0 Å². The highest BCUT2D eigenvalue weighted by Crippen LogP contribution is 2.40. The van der Waals surface area contributed by atoms with E-state index in [1.165, 1.54) is 32.7 Å². The maximum Gasteiger partial charge on any atom is 0.0802 e. The Labute approximate surface area is 104 Å². The van der Waals surface area contributed by atoms with Crippen LogP contribution in [0.3, 0.4) is 0 Å². The summed E-state index contributed by atoms with van der Waals surface area (Å²) in [7, 11) is 2.16. The molecular weight excluding hydrogens is 228 g/mol. The molecule has 0 spiro atoms. The number of aryl methyl sites for hydroxylation is 3. The Hall–Kier alpha value is -1.61. The van der Waals surface area contributed by atoms with Gasteiger partial charge >= 0.3 is 0 Å². The van der Waals surface area contributed by atoms with Crippen LogP contribution in [0.4, 0.5) is 0 Å². The number of hydrogen-bond acceptors (Lipinski definition) is 2. The third-order valence-corrected chi connectivity index (χ3v) is 4.56. The first kappa shape index (κ1) is 9.42. The Kier molecular flexibility index (Phi) is 1.77. The van der Waals surface area contributed by atoms with Gasteiger partial charge in [0.15, 0.2) is 0 Å². The summed E-state index contributed by atoms with van der Waals surface area (Å²) in [5.41, 5.74) is 7.46. The average Bonchev–Trinajstić information content (AvgIpc) is 2.93. The normalized spacial score (nSPS) is 13.7. The van der Waals surface area contributed by atoms with Crippen LogP contribution in [-0.4, -0.2) is 9.55 Å². The van der Waals surface area contributed by atoms with E-state index in [0.29, 0.717) is 0 Å². The standard InChI is InChI=1S/C14H12N2S/c1-16-12-5-3-2-4-9(12)10-6-7-11-14(13(10)16)17-8-15-11/h2-5,8H,6-7H2,1H3. The lowest BCUT2D eigenvalue weighted by Crippen LogP contribution is -2.03. The zero-order chi connectivity index (χ0) is 11.4. The van der Waals surface area contributed by atoms with Crippen LogP contribution in [0.1, 0.15) is 11.3 Å². The van der Waals surface area contributed by atoms with Gasteiger partial charge in [0.25, 0.3) is 0 Å². The van der Waals surface area contributed by atoms with Crippen molar-refractivity contribution in [3.8, 4) is 10.6 Å². The predicted octanol–water partition coefficient (Wildman–Crippen LogP) is 3.40. The lowest BCUT2D eigenvalue weighted by atomic mass is 9.97. The van der Waals surface area contributed by atoms with E-state index in [4.69, 9.17) is 0 Å². The molecule has 2 aromatic heterocycles. The lowest BCUT2D eigenvalue weighted by Gasteiger charge is -2.13. The van der Waals surface area contributed by atoms with Gasteiger partial charge in [0.2, 0.25) is 0 Å². The molecule has 1 aliphatic rings. The van der Waals surface area contributed by atoms with Crippen molar-refractivity contribution in [1.82, 2.24) is 9.55 Å². The number of aromatic nitrogens is 2. The van der Waals surface area contributed by atoms with E-state index >= 15 is 0 Å². The molecule has 1 aliphatic carbocycles. The number of para-hydroxylation sites is 1. The molecule has 0 saturated carbocycles. The minimum absolute atomic E-state index is 1.08. The highest BCUT2D eigenvalue weighted by molar-refractivity contribution is 7.13. The fraction of sp³-hybridized carbons (Fsp3) is 0.214. The van der Waals surface area contributed by atoms with E-state index in [2.05, 4.69) is 40.9 Å². The van der Waals surface area contributed by atoms with Crippen LogP contribution in [-0.2, 0) is 19.9 Å². The quantitative estimate of drug-likeness (QED) is 0.589. The average molecular weight is 240 g/mol. The van der Waals surface area contributed by atoms with Gasteiger partial charge in [-0.15, -0.1) is 11.3 Å². The van der Waals surface area contributed by atoms with Gasteiger partial charge in [0.05, 0.1) is 21.8 Å². The van der Waals surface area contributed by atoms with Crippen LogP contribution < -0.4 is 0 Å². The molecule has 0 fully saturated rings. The van der Waals surface area contributed by atoms with Crippen molar-refractivity contribution in [3.05, 3.63) is 41.0 Å². The summed E-state index contributed by atoms with van der Waals surface area (Å²) < 4.78 is 2.32. The first-order chi connectivity index (χ1) is 8.36. The monoisotopic (exact) mass is 240 g/mol. The molecule has 3 heteroatoms. The van der Waals surface area contributed by atoms with Gasteiger partial charge in [0, 0.05) is 18.0 Å². The summed E-state index contributed by atoms with van der Waals surface area (Å²) in [5.74, 6) is 0. The fourth-order valence-corrected chi connectivity index (χ4v) is 3.85. The Morgan fingerprint density at radius 1 is 1.24 bits per heavy atom. The van der Waals surface area contributed by atoms with E-state index in [0.717, 1.165) is 12.8 Å². The highest BCUT2D eigenvalue weighted by atomic mass is 32.1. The zero-order valence-electron chi connectivity index (χ0n) is 9.60. The van der Waals surface area contributed by atoms with Crippen LogP contribution in [0, 0.1) is 0 Å². The summed E-state index contributed by atoms with van der Waals surface area (Å²) in [6.07, 6.45) is 2.20. The first-order valence-electron chi connectivity index (χ1n) is 5.85. The molecule has 2 heterocycles. The van der Waals surface area contributed by atoms with Crippen molar-refractivity contribution >= 4 is 22.2 Å². The number of thiazole rings is 1. The molecule has 0 atom stereocenters. The Morgan fingerprint density at radius 3 is 3.06 bits per heavy atom. The molecule has 0 bridgehead atoms. The van der Waals surface area contributed by atoms with Gasteiger partial charge < -0.3 is 4.57 Å². The molecule has 0 amide bonds. The summed E-state index contributed by atoms with van der Waals surface area (Å²) >= 11 is 1.77. The van der Waals surface area contributed by atoms with Crippen LogP contribution in [0.5, 0.6) is 0 Å². The molecule has 0 radical (unpaired) electrons. The summed E-state index contributed by atoms with van der Waals surface area (Å²) in [6.45, 7) is 0. The van der Waals surface area contributed by atoms with Gasteiger partial charge in [-0.05, 0) is 24.5 Å². The Bertz CT molecular complexity index is 721. The predicted molar refractivity (Wildman–Crippen MR) is 71.4 cm³/mol. The third-order valence-electron chi connectivity index (χ3n) is 3.68. The van der Waals surface area contributed by atoms with E-state index in [1.807, 2.05) is 5.51 Å². The van der Waals surface area contributed by atoms with Crippen molar-refractivity contribution in [2.75, 3.05) is 0 Å². The van der Waals surface area contributed by atoms with Gasteiger partial charge in [-0.3, -0.25) is 0 Å². The second-order valence-electron chi connectivity index (χ2n) is 4.53. The number of nitrogens with zero attached hydrogens (tertiary/aromatic N) is 2. The van der Waals surface area contributed by atoms with E-state index in [-0.39, 0.29) is 0 Å². The van der Waals surface area contributed by atoms with Gasteiger partial charge in [-0.1, -0.05) is 18.2 Å². The molecule has 0 unspecified atom stereocenters. The molecule has 0 aliphatic heterocycles. The van der Waals surface area contributed by atoms with Crippen molar-refractivity contribution in [1.29, 1.82) is 0 Å². The zero-order valence-corrected chi connectivity index (χ0v) is 10.4. The highest BCUT2D eigenvalue weighted by Gasteiger charge is 2.24. The van der Waals surface area contributed by atoms with E-state index in [1.54, 1.807) is 11.3 Å². The molecule has 17 heavy (non-hydrogen) atoms. The van der Waals surface area contributed by atoms with Crippen LogP contribution in [0.25, 0.3) is 21.5 Å². The minimum Gasteiger partial charge on any atom is -0.343 e. The molecule has 0 saturated heterocycles. The van der Waals surface area contributed by atoms with Crippen molar-refractivity contribution in [2.24, 2.45) is 7.05 Å². The van der Waals surface area contributed by atoms with Crippen LogP contribution in [0.2, 0.25) is 0 Å². The van der Waals surface area contributed by atoms with Gasteiger partial charge in [-0.2, -0.15) is 0 Å². The molecule has 3 aromatic rings. The molecule has 1 aromatic carbocycles. The Balaban J connectivity index is 2.19. The minimum atomic E-state index is 1.08. The SMILES string of the molecule is Cn1c2c(c3ccccc31)CCc1ncsc1-2. The van der Waals surface area contributed by atoms with Crippen molar-refractivity contribution in [2.45, 2.75) is 12.8 Å². The second kappa shape index (κ2) is 3.20. The maximum absolute atomic E-state index is 4.47. The van der Waals surface area contributed by atoms with E-state index in [9.17, 15) is 0 Å². The summed E-state index contributed by atoms with van der Waals surface area (Å²) in [6, 6.07) is 8.68. The summed E-state index contributed by atoms with van der Waals surface area (Å²) in [4.78, 5) is 5.84. The molecule has 0 N–H and O–H groups in total. The second-order valence-corrected chi connectivity index (χ2v) is 5.39. The number of rotatable bonds is 0. The first-order valence-corrected chi connectivity index (χ1v) is 6.73. The third kappa shape index (κ3) is 1.12. The van der Waals surface area contributed by atoms with Crippen molar-refractivity contribution < 1.29 is 0 Å². The molecule has 4 rings (SSSR count). The maximum atomic E-state index is 4.47. The number of fused-ring (bicyclic) bond motifs is 5. The number of hydrogen-bond donors (Lipinski definition) is 0. The topological polar surface area (TPSA) is 17.8 Å². The molecular formula is C14H12N2S. The smallest absolute Gasteiger partial charge is 0.0802 e. The van der Waals surface area contributed by atoms with Gasteiger partial charge in [0.1, 0.15) is 0 Å². The summed E-state index contributed by atoms with van der Waals surface area (Å²) in [5, 5.41) is 1.41. The van der Waals surface area contributed by atoms with Crippen molar-refractivity contribution in [3.63, 3.8) is 0 Å². The fourth-order valence-electron chi connectivity index (χ4n) is 2.90. The van der Waals surface area contributed by atoms with Crippen LogP contribution in [0.15, 0.2) is 29.8 Å². The lowest BCUT2D eigenvalue weighted by molar-refractivity contribution is 0.885. The largest absolute Gasteiger partial charge is 0.343 e. The Morgan fingerprint density at radius 2 is 2.12 bits per heavy atom. The van der Waals surface area contributed by atoms with Gasteiger partial charge in [-0.25, -0.2) is 4.98 Å².